The zero-order valence-corrected chi connectivity index (χ0v) is 10.9. The lowest BCUT2D eigenvalue weighted by Gasteiger charge is -2.26. The highest BCUT2D eigenvalue weighted by molar-refractivity contribution is 5.82. The van der Waals surface area contributed by atoms with Crippen molar-refractivity contribution in [3.63, 3.8) is 0 Å². The van der Waals surface area contributed by atoms with Crippen molar-refractivity contribution in [1.29, 1.82) is 0 Å². The highest BCUT2D eigenvalue weighted by Gasteiger charge is 2.17. The van der Waals surface area contributed by atoms with Crippen LogP contribution < -0.4 is 5.73 Å². The molecule has 19 heavy (non-hydrogen) atoms. The summed E-state index contributed by atoms with van der Waals surface area (Å²) in [5, 5.41) is 0. The number of piperidine rings is 1. The minimum absolute atomic E-state index is 0.177. The van der Waals surface area contributed by atoms with Crippen LogP contribution in [0.1, 0.15) is 19.3 Å². The van der Waals surface area contributed by atoms with Crippen LogP contribution in [0.2, 0.25) is 0 Å². The minimum Gasteiger partial charge on any atom is -0.399 e. The lowest BCUT2D eigenvalue weighted by molar-refractivity contribution is -0.132. The molecule has 100 valence electrons. The van der Waals surface area contributed by atoms with Crippen LogP contribution in [-0.4, -0.2) is 33.4 Å². The highest BCUT2D eigenvalue weighted by atomic mass is 16.2. The zero-order chi connectivity index (χ0) is 13.2. The van der Waals surface area contributed by atoms with Crippen LogP contribution in [0.4, 0.5) is 5.69 Å². The number of amides is 1. The monoisotopic (exact) mass is 258 g/mol. The molecule has 3 rings (SSSR count). The van der Waals surface area contributed by atoms with Gasteiger partial charge < -0.3 is 15.2 Å². The summed E-state index contributed by atoms with van der Waals surface area (Å²) in [7, 11) is 0. The Hall–Kier alpha value is -2.04. The number of hydrogen-bond acceptors (Lipinski definition) is 3. The van der Waals surface area contributed by atoms with Gasteiger partial charge in [0.1, 0.15) is 6.54 Å². The molecule has 2 N–H and O–H groups in total. The Morgan fingerprint density at radius 2 is 2.05 bits per heavy atom. The lowest BCUT2D eigenvalue weighted by atomic mass is 10.1. The van der Waals surface area contributed by atoms with E-state index in [4.69, 9.17) is 5.73 Å². The fourth-order valence-electron chi connectivity index (χ4n) is 2.60. The molecule has 0 aliphatic carbocycles. The molecule has 0 radical (unpaired) electrons. The summed E-state index contributed by atoms with van der Waals surface area (Å²) >= 11 is 0. The van der Waals surface area contributed by atoms with E-state index in [2.05, 4.69) is 4.98 Å². The van der Waals surface area contributed by atoms with Crippen LogP contribution in [0.15, 0.2) is 24.5 Å². The minimum atomic E-state index is 0.177. The van der Waals surface area contributed by atoms with E-state index < -0.39 is 0 Å². The Bertz CT molecular complexity index is 599. The molecule has 0 spiro atoms. The molecule has 2 heterocycles. The van der Waals surface area contributed by atoms with Crippen molar-refractivity contribution in [3.05, 3.63) is 24.5 Å². The standard InChI is InChI=1S/C14H18N4O/c15-11-4-5-13-12(8-11)16-10-18(13)9-14(19)17-6-2-1-3-7-17/h4-5,8,10H,1-3,6-7,9,15H2. The van der Waals surface area contributed by atoms with E-state index in [-0.39, 0.29) is 5.91 Å². The second kappa shape index (κ2) is 4.91. The van der Waals surface area contributed by atoms with E-state index in [9.17, 15) is 4.79 Å². The van der Waals surface area contributed by atoms with Crippen LogP contribution in [0.5, 0.6) is 0 Å². The molecule has 0 unspecified atom stereocenters. The Balaban J connectivity index is 1.79. The molecular weight excluding hydrogens is 240 g/mol. The normalized spacial score (nSPS) is 15.9. The lowest BCUT2D eigenvalue weighted by Crippen LogP contribution is -2.37. The number of nitrogens with two attached hydrogens (primary N) is 1. The number of nitrogen functional groups attached to an aromatic ring is 1. The van der Waals surface area contributed by atoms with Gasteiger partial charge in [0, 0.05) is 18.8 Å². The van der Waals surface area contributed by atoms with Gasteiger partial charge in [0.2, 0.25) is 5.91 Å². The number of nitrogens with zero attached hydrogens (tertiary/aromatic N) is 3. The number of aromatic nitrogens is 2. The smallest absolute Gasteiger partial charge is 0.242 e. The molecule has 1 aromatic heterocycles. The average Bonchev–Trinajstić information content (AvgIpc) is 2.82. The Morgan fingerprint density at radius 3 is 2.84 bits per heavy atom. The third-order valence-electron chi connectivity index (χ3n) is 3.66. The quantitative estimate of drug-likeness (QED) is 0.833. The molecule has 1 aromatic carbocycles. The van der Waals surface area contributed by atoms with E-state index in [1.54, 1.807) is 6.33 Å². The van der Waals surface area contributed by atoms with Crippen LogP contribution in [-0.2, 0) is 11.3 Å². The van der Waals surface area contributed by atoms with Crippen molar-refractivity contribution >= 4 is 22.6 Å². The molecule has 2 aromatic rings. The van der Waals surface area contributed by atoms with Crippen molar-refractivity contribution in [2.75, 3.05) is 18.8 Å². The van der Waals surface area contributed by atoms with Crippen molar-refractivity contribution in [2.45, 2.75) is 25.8 Å². The summed E-state index contributed by atoms with van der Waals surface area (Å²) in [4.78, 5) is 18.5. The Morgan fingerprint density at radius 1 is 1.26 bits per heavy atom. The van der Waals surface area contributed by atoms with Gasteiger partial charge in [-0.05, 0) is 37.5 Å². The number of likely N-dealkylation sites (tertiary alicyclic amines) is 1. The zero-order valence-electron chi connectivity index (χ0n) is 10.9. The largest absolute Gasteiger partial charge is 0.399 e. The van der Waals surface area contributed by atoms with Crippen molar-refractivity contribution in [1.82, 2.24) is 14.5 Å². The fraction of sp³-hybridized carbons (Fsp3) is 0.429. The number of fused-ring (bicyclic) bond motifs is 1. The summed E-state index contributed by atoms with van der Waals surface area (Å²) in [5.41, 5.74) is 8.22. The molecule has 0 saturated carbocycles. The molecule has 1 aliphatic heterocycles. The fourth-order valence-corrected chi connectivity index (χ4v) is 2.60. The Labute approximate surface area is 112 Å². The van der Waals surface area contributed by atoms with Gasteiger partial charge in [-0.3, -0.25) is 4.79 Å². The summed E-state index contributed by atoms with van der Waals surface area (Å²) in [5.74, 6) is 0.177. The number of hydrogen-bond donors (Lipinski definition) is 1. The molecular formula is C14H18N4O. The van der Waals surface area contributed by atoms with Crippen LogP contribution in [0, 0.1) is 0 Å². The van der Waals surface area contributed by atoms with E-state index in [1.807, 2.05) is 27.7 Å². The first kappa shape index (κ1) is 12.0. The number of carbonyl (C=O) groups is 1. The van der Waals surface area contributed by atoms with Gasteiger partial charge in [0.15, 0.2) is 0 Å². The first-order chi connectivity index (χ1) is 9.24. The van der Waals surface area contributed by atoms with Gasteiger partial charge in [-0.15, -0.1) is 0 Å². The van der Waals surface area contributed by atoms with Crippen LogP contribution in [0.25, 0.3) is 11.0 Å². The van der Waals surface area contributed by atoms with Gasteiger partial charge in [0.05, 0.1) is 17.4 Å². The van der Waals surface area contributed by atoms with E-state index >= 15 is 0 Å². The summed E-state index contributed by atoms with van der Waals surface area (Å²) < 4.78 is 1.89. The molecule has 1 aliphatic rings. The number of rotatable bonds is 2. The number of imidazole rings is 1. The summed E-state index contributed by atoms with van der Waals surface area (Å²) in [6, 6.07) is 5.59. The molecule has 1 amide bonds. The topological polar surface area (TPSA) is 64.1 Å². The number of anilines is 1. The highest BCUT2D eigenvalue weighted by Crippen LogP contribution is 2.17. The second-order valence-corrected chi connectivity index (χ2v) is 5.06. The third kappa shape index (κ3) is 2.41. The average molecular weight is 258 g/mol. The van der Waals surface area contributed by atoms with Gasteiger partial charge in [-0.1, -0.05) is 0 Å². The number of carbonyl (C=O) groups excluding carboxylic acids is 1. The van der Waals surface area contributed by atoms with E-state index in [0.29, 0.717) is 12.2 Å². The molecule has 1 fully saturated rings. The maximum Gasteiger partial charge on any atom is 0.242 e. The first-order valence-corrected chi connectivity index (χ1v) is 6.72. The predicted octanol–water partition coefficient (Wildman–Crippen LogP) is 1.63. The molecule has 1 saturated heterocycles. The molecule has 0 atom stereocenters. The Kier molecular flexibility index (Phi) is 3.11. The maximum atomic E-state index is 12.2. The summed E-state index contributed by atoms with van der Waals surface area (Å²) in [6.45, 7) is 2.14. The van der Waals surface area contributed by atoms with E-state index in [1.165, 1.54) is 6.42 Å². The maximum absolute atomic E-state index is 12.2. The van der Waals surface area contributed by atoms with Crippen molar-refractivity contribution in [3.8, 4) is 0 Å². The van der Waals surface area contributed by atoms with Crippen molar-refractivity contribution in [2.24, 2.45) is 0 Å². The van der Waals surface area contributed by atoms with Crippen LogP contribution in [0.3, 0.4) is 0 Å². The van der Waals surface area contributed by atoms with E-state index in [0.717, 1.165) is 37.0 Å². The first-order valence-electron chi connectivity index (χ1n) is 6.72. The van der Waals surface area contributed by atoms with Gasteiger partial charge >= 0.3 is 0 Å². The molecule has 5 nitrogen and oxygen atoms in total. The third-order valence-corrected chi connectivity index (χ3v) is 3.66. The SMILES string of the molecule is Nc1ccc2c(c1)ncn2CC(=O)N1CCCCC1. The van der Waals surface area contributed by atoms with Crippen LogP contribution >= 0.6 is 0 Å². The second-order valence-electron chi connectivity index (χ2n) is 5.06. The van der Waals surface area contributed by atoms with Crippen molar-refractivity contribution < 1.29 is 4.79 Å². The summed E-state index contributed by atoms with van der Waals surface area (Å²) in [6.07, 6.45) is 5.18. The predicted molar refractivity (Wildman–Crippen MR) is 74.6 cm³/mol. The van der Waals surface area contributed by atoms with Gasteiger partial charge in [-0.2, -0.15) is 0 Å². The number of benzene rings is 1. The molecule has 5 heteroatoms. The molecule has 0 bridgehead atoms. The van der Waals surface area contributed by atoms with Gasteiger partial charge in [-0.25, -0.2) is 4.98 Å². The van der Waals surface area contributed by atoms with Gasteiger partial charge in [0.25, 0.3) is 0 Å².